The molecular formula is C5H12NO3+. The Morgan fingerprint density at radius 1 is 1.00 bits per heavy atom. The summed E-state index contributed by atoms with van der Waals surface area (Å²) in [6, 6.07) is 0. The second-order valence-corrected chi connectivity index (χ2v) is 2.39. The molecule has 4 nitrogen and oxygen atoms in total. The molecule has 0 amide bonds. The Morgan fingerprint density at radius 3 is 1.78 bits per heavy atom. The van der Waals surface area contributed by atoms with Crippen LogP contribution in [0, 0.1) is 0 Å². The van der Waals surface area contributed by atoms with Gasteiger partial charge in [-0.05, 0) is 0 Å². The van der Waals surface area contributed by atoms with Crippen LogP contribution in [0.2, 0.25) is 0 Å². The van der Waals surface area contributed by atoms with Gasteiger partial charge >= 0.3 is 0 Å². The Hall–Kier alpha value is -0.160. The largest absolute Gasteiger partial charge is 0.387 e. The maximum absolute atomic E-state index is 8.93. The summed E-state index contributed by atoms with van der Waals surface area (Å²) in [5.74, 6) is 0. The van der Waals surface area contributed by atoms with Crippen molar-refractivity contribution in [2.45, 2.75) is 18.3 Å². The first-order chi connectivity index (χ1) is 4.22. The van der Waals surface area contributed by atoms with E-state index in [9.17, 15) is 0 Å². The molecule has 1 aliphatic heterocycles. The van der Waals surface area contributed by atoms with Crippen LogP contribution in [0.3, 0.4) is 0 Å². The van der Waals surface area contributed by atoms with Gasteiger partial charge in [-0.1, -0.05) is 0 Å². The van der Waals surface area contributed by atoms with E-state index in [1.165, 1.54) is 0 Å². The summed E-state index contributed by atoms with van der Waals surface area (Å²) >= 11 is 0. The number of aliphatic hydroxyl groups excluding tert-OH is 3. The highest BCUT2D eigenvalue weighted by Crippen LogP contribution is 1.98. The third kappa shape index (κ3) is 1.40. The van der Waals surface area contributed by atoms with Crippen LogP contribution in [-0.2, 0) is 0 Å². The van der Waals surface area contributed by atoms with Gasteiger partial charge in [-0.15, -0.1) is 0 Å². The molecule has 0 spiro atoms. The molecular weight excluding hydrogens is 122 g/mol. The predicted molar refractivity (Wildman–Crippen MR) is 29.7 cm³/mol. The zero-order valence-electron chi connectivity index (χ0n) is 5.07. The lowest BCUT2D eigenvalue weighted by atomic mass is 10.0. The fraction of sp³-hybridized carbons (Fsp3) is 1.00. The molecule has 0 aromatic heterocycles. The minimum atomic E-state index is -0.949. The molecule has 2 atom stereocenters. The smallest absolute Gasteiger partial charge is 0.131 e. The molecule has 1 heterocycles. The first-order valence-electron chi connectivity index (χ1n) is 3.07. The minimum Gasteiger partial charge on any atom is -0.387 e. The molecule has 4 heteroatoms. The Balaban J connectivity index is 2.41. The molecule has 1 rings (SSSR count). The van der Waals surface area contributed by atoms with E-state index in [1.807, 2.05) is 0 Å². The average Bonchev–Trinajstić information content (AvgIpc) is 1.83. The molecule has 0 unspecified atom stereocenters. The molecule has 54 valence electrons. The molecule has 1 aliphatic rings. The maximum atomic E-state index is 8.93. The number of aliphatic hydroxyl groups is 3. The van der Waals surface area contributed by atoms with Gasteiger partial charge in [-0.25, -0.2) is 0 Å². The van der Waals surface area contributed by atoms with Gasteiger partial charge in [0, 0.05) is 0 Å². The third-order valence-electron chi connectivity index (χ3n) is 1.60. The molecule has 0 radical (unpaired) electrons. The topological polar surface area (TPSA) is 77.3 Å². The van der Waals surface area contributed by atoms with Gasteiger partial charge in [0.2, 0.25) is 0 Å². The number of piperidine rings is 1. The minimum absolute atomic E-state index is 0.484. The van der Waals surface area contributed by atoms with Crippen LogP contribution in [0.15, 0.2) is 0 Å². The first kappa shape index (κ1) is 6.95. The fourth-order valence-corrected chi connectivity index (χ4v) is 0.973. The van der Waals surface area contributed by atoms with Gasteiger partial charge in [0.25, 0.3) is 0 Å². The van der Waals surface area contributed by atoms with Crippen LogP contribution in [0.1, 0.15) is 0 Å². The molecule has 0 saturated carbocycles. The van der Waals surface area contributed by atoms with Gasteiger partial charge in [0.15, 0.2) is 0 Å². The van der Waals surface area contributed by atoms with E-state index in [0.717, 1.165) is 0 Å². The van der Waals surface area contributed by atoms with Crippen molar-refractivity contribution in [3.63, 3.8) is 0 Å². The Labute approximate surface area is 53.1 Å². The standard InChI is InChI=1S/C5H11NO3/c7-3-1-6-2-4(8)5(3)9/h3-9H,1-2H2/p+1/t3-,4-/m1/s1. The Kier molecular flexibility index (Phi) is 2.02. The van der Waals surface area contributed by atoms with Crippen molar-refractivity contribution in [1.82, 2.24) is 0 Å². The van der Waals surface area contributed by atoms with E-state index < -0.39 is 18.3 Å². The highest BCUT2D eigenvalue weighted by atomic mass is 16.4. The Bertz CT molecular complexity index is 88.2. The second kappa shape index (κ2) is 2.62. The lowest BCUT2D eigenvalue weighted by molar-refractivity contribution is -0.680. The Morgan fingerprint density at radius 2 is 1.44 bits per heavy atom. The van der Waals surface area contributed by atoms with E-state index in [4.69, 9.17) is 15.3 Å². The number of hydrogen-bond donors (Lipinski definition) is 4. The molecule has 9 heavy (non-hydrogen) atoms. The van der Waals surface area contributed by atoms with Crippen molar-refractivity contribution in [2.24, 2.45) is 0 Å². The SMILES string of the molecule is OC1[C@H](O)C[NH2+]C[C@H]1O. The summed E-state index contributed by atoms with van der Waals surface area (Å²) in [6.07, 6.45) is -2.49. The summed E-state index contributed by atoms with van der Waals surface area (Å²) in [5.41, 5.74) is 0. The van der Waals surface area contributed by atoms with E-state index in [1.54, 1.807) is 5.32 Å². The van der Waals surface area contributed by atoms with Crippen LogP contribution in [0.25, 0.3) is 0 Å². The second-order valence-electron chi connectivity index (χ2n) is 2.39. The van der Waals surface area contributed by atoms with E-state index in [2.05, 4.69) is 0 Å². The summed E-state index contributed by atoms with van der Waals surface area (Å²) in [4.78, 5) is 0. The number of nitrogens with two attached hydrogens (primary N) is 1. The van der Waals surface area contributed by atoms with Gasteiger partial charge in [-0.2, -0.15) is 0 Å². The summed E-state index contributed by atoms with van der Waals surface area (Å²) in [7, 11) is 0. The predicted octanol–water partition coefficient (Wildman–Crippen LogP) is -3.35. The third-order valence-corrected chi connectivity index (χ3v) is 1.60. The molecule has 0 aromatic carbocycles. The molecule has 1 fully saturated rings. The number of hydrogen-bond acceptors (Lipinski definition) is 3. The molecule has 0 aromatic rings. The van der Waals surface area contributed by atoms with Crippen molar-refractivity contribution in [3.8, 4) is 0 Å². The highest BCUT2D eigenvalue weighted by Gasteiger charge is 2.31. The first-order valence-corrected chi connectivity index (χ1v) is 3.07. The van der Waals surface area contributed by atoms with E-state index in [-0.39, 0.29) is 0 Å². The zero-order chi connectivity index (χ0) is 6.85. The molecule has 0 bridgehead atoms. The van der Waals surface area contributed by atoms with Crippen molar-refractivity contribution in [2.75, 3.05) is 13.1 Å². The molecule has 1 saturated heterocycles. The summed E-state index contributed by atoms with van der Waals surface area (Å²) < 4.78 is 0. The quantitative estimate of drug-likeness (QED) is 0.279. The number of quaternary nitrogens is 1. The van der Waals surface area contributed by atoms with Crippen LogP contribution in [0.4, 0.5) is 0 Å². The van der Waals surface area contributed by atoms with E-state index >= 15 is 0 Å². The van der Waals surface area contributed by atoms with Gasteiger partial charge < -0.3 is 20.6 Å². The van der Waals surface area contributed by atoms with Crippen molar-refractivity contribution in [1.29, 1.82) is 0 Å². The van der Waals surface area contributed by atoms with Crippen molar-refractivity contribution < 1.29 is 20.6 Å². The fourth-order valence-electron chi connectivity index (χ4n) is 0.973. The van der Waals surface area contributed by atoms with Gasteiger partial charge in [-0.3, -0.25) is 0 Å². The van der Waals surface area contributed by atoms with Crippen LogP contribution in [-0.4, -0.2) is 46.7 Å². The normalized spacial score (nSPS) is 39.0. The number of rotatable bonds is 0. The zero-order valence-corrected chi connectivity index (χ0v) is 5.07. The summed E-state index contributed by atoms with van der Waals surface area (Å²) in [6.45, 7) is 0.969. The van der Waals surface area contributed by atoms with Gasteiger partial charge in [0.05, 0.1) is 0 Å². The van der Waals surface area contributed by atoms with Crippen LogP contribution in [0.5, 0.6) is 0 Å². The average molecular weight is 134 g/mol. The van der Waals surface area contributed by atoms with Crippen molar-refractivity contribution >= 4 is 0 Å². The van der Waals surface area contributed by atoms with E-state index in [0.29, 0.717) is 13.1 Å². The highest BCUT2D eigenvalue weighted by molar-refractivity contribution is 4.76. The lowest BCUT2D eigenvalue weighted by Gasteiger charge is -2.25. The lowest BCUT2D eigenvalue weighted by Crippen LogP contribution is -2.92. The molecule has 0 aliphatic carbocycles. The monoisotopic (exact) mass is 134 g/mol. The van der Waals surface area contributed by atoms with Crippen LogP contribution >= 0.6 is 0 Å². The van der Waals surface area contributed by atoms with Crippen molar-refractivity contribution in [3.05, 3.63) is 0 Å². The maximum Gasteiger partial charge on any atom is 0.131 e. The van der Waals surface area contributed by atoms with Gasteiger partial charge in [0.1, 0.15) is 31.4 Å². The molecule has 5 N–H and O–H groups in total. The summed E-state index contributed by atoms with van der Waals surface area (Å²) in [5, 5.41) is 28.5. The van der Waals surface area contributed by atoms with Crippen LogP contribution < -0.4 is 5.32 Å².